The standard InChI is InChI=1S/C30H35Cl2N3O5S/c1-4-5-16-33-30(37)27(18-22-10-7-6-8-11-22)34(20-23-12-9-13-24(31)17-23)29(36)21-35(41(3,38)39)26-19-25(32)14-15-28(26)40-2/h6-15,17,19,27H,4-5,16,18,20-21H2,1-3H3,(H,33,37)/t27-/m0/s1. The number of rotatable bonds is 14. The van der Waals surface area contributed by atoms with E-state index in [9.17, 15) is 18.0 Å². The monoisotopic (exact) mass is 619 g/mol. The molecule has 1 atom stereocenters. The Balaban J connectivity index is 2.08. The molecular formula is C30H35Cl2N3O5S. The number of nitrogens with one attached hydrogen (secondary N) is 1. The minimum atomic E-state index is -3.97. The molecule has 0 aliphatic rings. The maximum absolute atomic E-state index is 14.1. The fourth-order valence-electron chi connectivity index (χ4n) is 4.34. The number of carbonyl (C=O) groups excluding carboxylic acids is 2. The van der Waals surface area contributed by atoms with E-state index in [4.69, 9.17) is 27.9 Å². The van der Waals surface area contributed by atoms with Gasteiger partial charge in [-0.25, -0.2) is 8.42 Å². The van der Waals surface area contributed by atoms with Crippen LogP contribution >= 0.6 is 23.2 Å². The third-order valence-corrected chi connectivity index (χ3v) is 8.03. The third-order valence-electron chi connectivity index (χ3n) is 6.43. The molecule has 0 aliphatic heterocycles. The number of hydrogen-bond donors (Lipinski definition) is 1. The minimum absolute atomic E-state index is 0.0301. The Morgan fingerprint density at radius 2 is 1.63 bits per heavy atom. The van der Waals surface area contributed by atoms with Crippen LogP contribution in [0, 0.1) is 0 Å². The summed E-state index contributed by atoms with van der Waals surface area (Å²) >= 11 is 12.4. The zero-order valence-electron chi connectivity index (χ0n) is 23.3. The summed E-state index contributed by atoms with van der Waals surface area (Å²) in [6, 6.07) is 19.9. The molecule has 220 valence electrons. The molecule has 11 heteroatoms. The van der Waals surface area contributed by atoms with E-state index < -0.39 is 28.5 Å². The second kappa shape index (κ2) is 15.1. The van der Waals surface area contributed by atoms with Gasteiger partial charge in [0.25, 0.3) is 0 Å². The Kier molecular flexibility index (Phi) is 11.9. The summed E-state index contributed by atoms with van der Waals surface area (Å²) in [5, 5.41) is 3.70. The van der Waals surface area contributed by atoms with E-state index in [0.717, 1.165) is 29.0 Å². The number of anilines is 1. The molecule has 3 aromatic carbocycles. The molecule has 3 aromatic rings. The lowest BCUT2D eigenvalue weighted by molar-refractivity contribution is -0.140. The molecular weight excluding hydrogens is 585 g/mol. The van der Waals surface area contributed by atoms with Crippen molar-refractivity contribution < 1.29 is 22.7 Å². The Morgan fingerprint density at radius 3 is 2.27 bits per heavy atom. The summed E-state index contributed by atoms with van der Waals surface area (Å²) < 4.78 is 32.3. The van der Waals surface area contributed by atoms with Crippen LogP contribution in [0.3, 0.4) is 0 Å². The molecule has 1 N–H and O–H groups in total. The van der Waals surface area contributed by atoms with Gasteiger partial charge in [-0.2, -0.15) is 0 Å². The van der Waals surface area contributed by atoms with E-state index >= 15 is 0 Å². The van der Waals surface area contributed by atoms with Gasteiger partial charge in [0.2, 0.25) is 21.8 Å². The lowest BCUT2D eigenvalue weighted by Gasteiger charge is -2.33. The predicted octanol–water partition coefficient (Wildman–Crippen LogP) is 5.32. The molecule has 0 bridgehead atoms. The average Bonchev–Trinajstić information content (AvgIpc) is 2.93. The van der Waals surface area contributed by atoms with Crippen LogP contribution in [0.5, 0.6) is 5.75 Å². The maximum Gasteiger partial charge on any atom is 0.244 e. The van der Waals surface area contributed by atoms with Crippen LogP contribution in [0.15, 0.2) is 72.8 Å². The summed E-state index contributed by atoms with van der Waals surface area (Å²) in [5.41, 5.74) is 1.66. The van der Waals surface area contributed by atoms with Crippen LogP contribution in [-0.4, -0.2) is 57.6 Å². The molecule has 0 saturated heterocycles. The van der Waals surface area contributed by atoms with Crippen LogP contribution in [-0.2, 0) is 32.6 Å². The summed E-state index contributed by atoms with van der Waals surface area (Å²) in [5.74, 6) is -0.680. The number of ether oxygens (including phenoxy) is 1. The largest absolute Gasteiger partial charge is 0.495 e. The van der Waals surface area contributed by atoms with Gasteiger partial charge in [0, 0.05) is 29.6 Å². The molecule has 0 heterocycles. The maximum atomic E-state index is 14.1. The molecule has 0 aromatic heterocycles. The number of sulfonamides is 1. The van der Waals surface area contributed by atoms with Gasteiger partial charge >= 0.3 is 0 Å². The molecule has 0 spiro atoms. The Bertz CT molecular complexity index is 1440. The second-order valence-electron chi connectivity index (χ2n) is 9.59. The molecule has 0 aliphatic carbocycles. The fraction of sp³-hybridized carbons (Fsp3) is 0.333. The Morgan fingerprint density at radius 1 is 0.951 bits per heavy atom. The van der Waals surface area contributed by atoms with Crippen molar-refractivity contribution in [3.05, 3.63) is 94.0 Å². The molecule has 2 amide bonds. The van der Waals surface area contributed by atoms with Gasteiger partial charge in [0.05, 0.1) is 19.1 Å². The normalized spacial score (nSPS) is 11.9. The number of hydrogen-bond acceptors (Lipinski definition) is 5. The lowest BCUT2D eigenvalue weighted by atomic mass is 10.0. The van der Waals surface area contributed by atoms with E-state index in [1.54, 1.807) is 30.3 Å². The molecule has 0 saturated carbocycles. The summed E-state index contributed by atoms with van der Waals surface area (Å²) in [6.07, 6.45) is 2.90. The van der Waals surface area contributed by atoms with Gasteiger partial charge in [0.15, 0.2) is 0 Å². The minimum Gasteiger partial charge on any atom is -0.495 e. The highest BCUT2D eigenvalue weighted by molar-refractivity contribution is 7.92. The van der Waals surface area contributed by atoms with Crippen molar-refractivity contribution >= 4 is 50.7 Å². The number of amides is 2. The van der Waals surface area contributed by atoms with Gasteiger partial charge in [-0.1, -0.05) is 79.0 Å². The Hall–Kier alpha value is -3.27. The quantitative estimate of drug-likeness (QED) is 0.246. The van der Waals surface area contributed by atoms with Crippen LogP contribution in [0.2, 0.25) is 10.0 Å². The first kappa shape index (κ1) is 32.2. The zero-order valence-corrected chi connectivity index (χ0v) is 25.7. The molecule has 0 unspecified atom stereocenters. The summed E-state index contributed by atoms with van der Waals surface area (Å²) in [6.45, 7) is 1.92. The molecule has 0 radical (unpaired) electrons. The SMILES string of the molecule is CCCCNC(=O)[C@H](Cc1ccccc1)N(Cc1cccc(Cl)c1)C(=O)CN(c1cc(Cl)ccc1OC)S(C)(=O)=O. The lowest BCUT2D eigenvalue weighted by Crippen LogP contribution is -2.53. The van der Waals surface area contributed by atoms with Crippen LogP contribution < -0.4 is 14.4 Å². The van der Waals surface area contributed by atoms with Gasteiger partial charge in [-0.3, -0.25) is 13.9 Å². The number of nitrogens with zero attached hydrogens (tertiary/aromatic N) is 2. The molecule has 0 fully saturated rings. The molecule has 41 heavy (non-hydrogen) atoms. The number of methoxy groups -OCH3 is 1. The second-order valence-corrected chi connectivity index (χ2v) is 12.4. The number of benzene rings is 3. The van der Waals surface area contributed by atoms with Crippen molar-refractivity contribution in [2.24, 2.45) is 0 Å². The highest BCUT2D eigenvalue weighted by atomic mass is 35.5. The fourth-order valence-corrected chi connectivity index (χ4v) is 5.57. The third kappa shape index (κ3) is 9.38. The zero-order chi connectivity index (χ0) is 30.0. The average molecular weight is 621 g/mol. The van der Waals surface area contributed by atoms with Crippen molar-refractivity contribution in [3.8, 4) is 5.75 Å². The topological polar surface area (TPSA) is 96.0 Å². The first-order valence-electron chi connectivity index (χ1n) is 13.2. The van der Waals surface area contributed by atoms with E-state index in [1.807, 2.05) is 37.3 Å². The van der Waals surface area contributed by atoms with Crippen LogP contribution in [0.25, 0.3) is 0 Å². The first-order valence-corrected chi connectivity index (χ1v) is 15.8. The van der Waals surface area contributed by atoms with Crippen molar-refractivity contribution in [2.75, 3.05) is 30.8 Å². The van der Waals surface area contributed by atoms with Crippen LogP contribution in [0.1, 0.15) is 30.9 Å². The summed E-state index contributed by atoms with van der Waals surface area (Å²) in [4.78, 5) is 29.2. The van der Waals surface area contributed by atoms with Crippen LogP contribution in [0.4, 0.5) is 5.69 Å². The smallest absolute Gasteiger partial charge is 0.244 e. The number of halogens is 2. The Labute approximate surface area is 252 Å². The van der Waals surface area contributed by atoms with Crippen molar-refractivity contribution in [1.82, 2.24) is 10.2 Å². The van der Waals surface area contributed by atoms with Gasteiger partial charge in [0.1, 0.15) is 18.3 Å². The highest BCUT2D eigenvalue weighted by Crippen LogP contribution is 2.33. The predicted molar refractivity (Wildman–Crippen MR) is 164 cm³/mol. The van der Waals surface area contributed by atoms with Crippen molar-refractivity contribution in [1.29, 1.82) is 0 Å². The molecule has 3 rings (SSSR count). The highest BCUT2D eigenvalue weighted by Gasteiger charge is 2.33. The summed E-state index contributed by atoms with van der Waals surface area (Å²) in [7, 11) is -2.57. The van der Waals surface area contributed by atoms with E-state index in [-0.39, 0.29) is 35.3 Å². The van der Waals surface area contributed by atoms with Gasteiger partial charge in [-0.15, -0.1) is 0 Å². The number of carbonyl (C=O) groups is 2. The van der Waals surface area contributed by atoms with Crippen molar-refractivity contribution in [2.45, 2.75) is 38.8 Å². The first-order chi connectivity index (χ1) is 19.5. The van der Waals surface area contributed by atoms with Gasteiger partial charge in [-0.05, 0) is 47.9 Å². The number of unbranched alkanes of at least 4 members (excludes halogenated alkanes) is 1. The van der Waals surface area contributed by atoms with E-state index in [0.29, 0.717) is 17.1 Å². The van der Waals surface area contributed by atoms with E-state index in [2.05, 4.69) is 5.32 Å². The van der Waals surface area contributed by atoms with E-state index in [1.165, 1.54) is 24.1 Å². The molecule has 8 nitrogen and oxygen atoms in total. The van der Waals surface area contributed by atoms with Gasteiger partial charge < -0.3 is 15.0 Å². The van der Waals surface area contributed by atoms with Crippen molar-refractivity contribution in [3.63, 3.8) is 0 Å².